The van der Waals surface area contributed by atoms with Crippen molar-refractivity contribution < 1.29 is 18.3 Å². The van der Waals surface area contributed by atoms with E-state index in [4.69, 9.17) is 0 Å². The Hall–Kier alpha value is -0.660. The summed E-state index contributed by atoms with van der Waals surface area (Å²) < 4.78 is 37.5. The van der Waals surface area contributed by atoms with Gasteiger partial charge in [-0.15, -0.1) is 11.3 Å². The first-order valence-corrected chi connectivity index (χ1v) is 7.16. The summed E-state index contributed by atoms with van der Waals surface area (Å²) in [5, 5.41) is 12.9. The lowest BCUT2D eigenvalue weighted by Gasteiger charge is -2.35. The van der Waals surface area contributed by atoms with Gasteiger partial charge in [-0.3, -0.25) is 0 Å². The molecular weight excluding hydrogens is 277 g/mol. The van der Waals surface area contributed by atoms with Crippen molar-refractivity contribution in [3.63, 3.8) is 0 Å². The summed E-state index contributed by atoms with van der Waals surface area (Å²) in [6, 6.07) is 0.347. The summed E-state index contributed by atoms with van der Waals surface area (Å²) >= 11 is 0.553. The van der Waals surface area contributed by atoms with Crippen LogP contribution in [0.15, 0.2) is 6.20 Å². The molecule has 3 nitrogen and oxygen atoms in total. The number of hydrogen-bond donors (Lipinski definition) is 2. The number of hydrogen-bond acceptors (Lipinski definition) is 4. The molecule has 2 N–H and O–H groups in total. The van der Waals surface area contributed by atoms with Gasteiger partial charge >= 0.3 is 6.18 Å². The predicted octanol–water partition coefficient (Wildman–Crippen LogP) is 2.90. The van der Waals surface area contributed by atoms with Gasteiger partial charge in [0.05, 0.1) is 4.88 Å². The number of thiazole rings is 1. The highest BCUT2D eigenvalue weighted by atomic mass is 32.1. The number of halogens is 3. The van der Waals surface area contributed by atoms with Gasteiger partial charge in [0.25, 0.3) is 0 Å². The first kappa shape index (κ1) is 14.7. The standard InChI is InChI=1S/C12H17F3N2OS/c1-2-16-8-3-5-11(18,6-4-8)9-7-17-10(19-9)12(13,14)15/h7-8,16,18H,2-6H2,1H3. The lowest BCUT2D eigenvalue weighted by atomic mass is 9.81. The monoisotopic (exact) mass is 294 g/mol. The third-order valence-corrected chi connectivity index (χ3v) is 4.75. The summed E-state index contributed by atoms with van der Waals surface area (Å²) in [5.74, 6) is 0. The van der Waals surface area contributed by atoms with Gasteiger partial charge in [-0.1, -0.05) is 6.92 Å². The van der Waals surface area contributed by atoms with Gasteiger partial charge in [0.1, 0.15) is 5.60 Å². The fourth-order valence-electron chi connectivity index (χ4n) is 2.45. The van der Waals surface area contributed by atoms with Gasteiger partial charge < -0.3 is 10.4 Å². The molecular formula is C12H17F3N2OS. The van der Waals surface area contributed by atoms with E-state index in [1.54, 1.807) is 0 Å². The molecule has 2 rings (SSSR count). The molecule has 1 heterocycles. The first-order chi connectivity index (χ1) is 8.85. The third-order valence-electron chi connectivity index (χ3n) is 3.51. The maximum atomic E-state index is 12.5. The number of aromatic nitrogens is 1. The van der Waals surface area contributed by atoms with Crippen LogP contribution in [0.2, 0.25) is 0 Å². The minimum atomic E-state index is -4.43. The molecule has 0 atom stereocenters. The normalized spacial score (nSPS) is 28.6. The quantitative estimate of drug-likeness (QED) is 0.901. The highest BCUT2D eigenvalue weighted by molar-refractivity contribution is 7.11. The molecule has 19 heavy (non-hydrogen) atoms. The largest absolute Gasteiger partial charge is 0.443 e. The molecule has 0 amide bonds. The van der Waals surface area contributed by atoms with Crippen molar-refractivity contribution in [3.8, 4) is 0 Å². The smallest absolute Gasteiger partial charge is 0.384 e. The average molecular weight is 294 g/mol. The lowest BCUT2D eigenvalue weighted by molar-refractivity contribution is -0.137. The van der Waals surface area contributed by atoms with Crippen LogP contribution in [-0.2, 0) is 11.8 Å². The molecule has 1 saturated carbocycles. The van der Waals surface area contributed by atoms with E-state index < -0.39 is 16.8 Å². The third kappa shape index (κ3) is 3.27. The minimum Gasteiger partial charge on any atom is -0.384 e. The van der Waals surface area contributed by atoms with Gasteiger partial charge in [-0.05, 0) is 32.2 Å². The molecule has 1 aromatic rings. The Balaban J connectivity index is 2.07. The second-order valence-corrected chi connectivity index (χ2v) is 5.92. The fraction of sp³-hybridized carbons (Fsp3) is 0.750. The van der Waals surface area contributed by atoms with Crippen molar-refractivity contribution >= 4 is 11.3 Å². The van der Waals surface area contributed by atoms with E-state index in [1.165, 1.54) is 6.20 Å². The van der Waals surface area contributed by atoms with Crippen molar-refractivity contribution in [1.82, 2.24) is 10.3 Å². The molecule has 1 fully saturated rings. The van der Waals surface area contributed by atoms with E-state index >= 15 is 0 Å². The minimum absolute atomic E-state index is 0.328. The number of nitrogens with one attached hydrogen (secondary N) is 1. The van der Waals surface area contributed by atoms with E-state index in [-0.39, 0.29) is 0 Å². The van der Waals surface area contributed by atoms with Crippen molar-refractivity contribution in [2.75, 3.05) is 6.54 Å². The predicted molar refractivity (Wildman–Crippen MR) is 66.9 cm³/mol. The summed E-state index contributed by atoms with van der Waals surface area (Å²) in [5.41, 5.74) is -1.15. The zero-order chi connectivity index (χ0) is 14.1. The molecule has 1 aliphatic carbocycles. The molecule has 1 aromatic heterocycles. The summed E-state index contributed by atoms with van der Waals surface area (Å²) in [6.45, 7) is 2.88. The van der Waals surface area contributed by atoms with Crippen LogP contribution in [0, 0.1) is 0 Å². The van der Waals surface area contributed by atoms with Crippen LogP contribution in [0.1, 0.15) is 42.5 Å². The van der Waals surface area contributed by atoms with Gasteiger partial charge in [0.2, 0.25) is 0 Å². The van der Waals surface area contributed by atoms with Crippen LogP contribution < -0.4 is 5.32 Å². The summed E-state index contributed by atoms with van der Waals surface area (Å²) in [7, 11) is 0. The number of aliphatic hydroxyl groups is 1. The zero-order valence-electron chi connectivity index (χ0n) is 10.6. The van der Waals surface area contributed by atoms with E-state index in [1.807, 2.05) is 6.92 Å². The molecule has 0 bridgehead atoms. The maximum Gasteiger partial charge on any atom is 0.443 e. The summed E-state index contributed by atoms with van der Waals surface area (Å²) in [6.07, 6.45) is -0.775. The van der Waals surface area contributed by atoms with E-state index in [0.29, 0.717) is 35.1 Å². The lowest BCUT2D eigenvalue weighted by Crippen LogP contribution is -2.39. The van der Waals surface area contributed by atoms with Crippen molar-refractivity contribution in [2.24, 2.45) is 0 Å². The van der Waals surface area contributed by atoms with Crippen LogP contribution >= 0.6 is 11.3 Å². The molecule has 0 unspecified atom stereocenters. The molecule has 0 aromatic carbocycles. The van der Waals surface area contributed by atoms with Gasteiger partial charge in [0.15, 0.2) is 5.01 Å². The van der Waals surface area contributed by atoms with Crippen LogP contribution in [0.3, 0.4) is 0 Å². The van der Waals surface area contributed by atoms with Gasteiger partial charge in [-0.25, -0.2) is 4.98 Å². The molecule has 0 spiro atoms. The Labute approximate surface area is 113 Å². The van der Waals surface area contributed by atoms with Crippen LogP contribution in [0.25, 0.3) is 0 Å². The Morgan fingerprint density at radius 3 is 2.58 bits per heavy atom. The van der Waals surface area contributed by atoms with E-state index in [0.717, 1.165) is 19.4 Å². The Morgan fingerprint density at radius 2 is 2.11 bits per heavy atom. The number of nitrogens with zero attached hydrogens (tertiary/aromatic N) is 1. The Kier molecular flexibility index (Phi) is 4.17. The van der Waals surface area contributed by atoms with E-state index in [9.17, 15) is 18.3 Å². The topological polar surface area (TPSA) is 45.1 Å². The van der Waals surface area contributed by atoms with Crippen LogP contribution in [0.5, 0.6) is 0 Å². The highest BCUT2D eigenvalue weighted by Crippen LogP contribution is 2.42. The number of alkyl halides is 3. The summed E-state index contributed by atoms with van der Waals surface area (Å²) in [4.78, 5) is 3.71. The molecule has 0 radical (unpaired) electrons. The second-order valence-electron chi connectivity index (χ2n) is 4.89. The highest BCUT2D eigenvalue weighted by Gasteiger charge is 2.40. The molecule has 0 saturated heterocycles. The van der Waals surface area contributed by atoms with Crippen LogP contribution in [-0.4, -0.2) is 22.7 Å². The van der Waals surface area contributed by atoms with Crippen molar-refractivity contribution in [1.29, 1.82) is 0 Å². The fourth-order valence-corrected chi connectivity index (χ4v) is 3.38. The maximum absolute atomic E-state index is 12.5. The molecule has 7 heteroatoms. The van der Waals surface area contributed by atoms with Crippen LogP contribution in [0.4, 0.5) is 13.2 Å². The van der Waals surface area contributed by atoms with Crippen molar-refractivity contribution in [3.05, 3.63) is 16.1 Å². The van der Waals surface area contributed by atoms with Crippen molar-refractivity contribution in [2.45, 2.75) is 50.4 Å². The number of rotatable bonds is 3. The SMILES string of the molecule is CCNC1CCC(O)(c2cnc(C(F)(F)F)s2)CC1. The molecule has 0 aliphatic heterocycles. The Morgan fingerprint density at radius 1 is 1.47 bits per heavy atom. The van der Waals surface area contributed by atoms with E-state index in [2.05, 4.69) is 10.3 Å². The van der Waals surface area contributed by atoms with Gasteiger partial charge in [-0.2, -0.15) is 13.2 Å². The van der Waals surface area contributed by atoms with Gasteiger partial charge in [0, 0.05) is 12.2 Å². The Bertz CT molecular complexity index is 425. The molecule has 1 aliphatic rings. The first-order valence-electron chi connectivity index (χ1n) is 6.34. The average Bonchev–Trinajstić information content (AvgIpc) is 2.82. The zero-order valence-corrected chi connectivity index (χ0v) is 11.4. The molecule has 108 valence electrons. The second kappa shape index (κ2) is 5.38.